The summed E-state index contributed by atoms with van der Waals surface area (Å²) in [5.74, 6) is 0.540. The van der Waals surface area contributed by atoms with E-state index in [0.717, 1.165) is 49.3 Å². The minimum absolute atomic E-state index is 0.0806. The summed E-state index contributed by atoms with van der Waals surface area (Å²) in [6, 6.07) is 13.1. The number of rotatable bonds is 8. The largest absolute Gasteiger partial charge is 0.416 e. The van der Waals surface area contributed by atoms with Gasteiger partial charge in [0.05, 0.1) is 5.56 Å². The van der Waals surface area contributed by atoms with Crippen molar-refractivity contribution in [3.8, 4) is 0 Å². The lowest BCUT2D eigenvalue weighted by molar-refractivity contribution is -0.137. The number of nitrogens with one attached hydrogen (secondary N) is 1. The summed E-state index contributed by atoms with van der Waals surface area (Å²) < 4.78 is 38.8. The standard InChI is InChI=1S/C31H34F3N5O/c32-31(33,34)25-9-5-23(6-10-25)8-12-30(40)39(28-15-19-38(20-16-28)27-3-1-2-4-27)22-24-7-11-29(36-21-24)37-26-13-17-35-18-14-26/h5-14,17-18,21,27-28H,1-4,15-16,19-20,22H2,(H,35,36,37). The molecule has 2 fully saturated rings. The van der Waals surface area contributed by atoms with Crippen LogP contribution in [-0.2, 0) is 17.5 Å². The number of anilines is 2. The molecular formula is C31H34F3N5O. The predicted molar refractivity (Wildman–Crippen MR) is 150 cm³/mol. The molecule has 1 aromatic carbocycles. The number of pyridine rings is 2. The quantitative estimate of drug-likeness (QED) is 0.317. The molecule has 0 radical (unpaired) electrons. The summed E-state index contributed by atoms with van der Waals surface area (Å²) in [7, 11) is 0. The van der Waals surface area contributed by atoms with E-state index in [2.05, 4.69) is 20.2 Å². The first-order valence-corrected chi connectivity index (χ1v) is 13.9. The molecule has 9 heteroatoms. The molecule has 0 atom stereocenters. The summed E-state index contributed by atoms with van der Waals surface area (Å²) >= 11 is 0. The predicted octanol–water partition coefficient (Wildman–Crippen LogP) is 6.69. The number of likely N-dealkylation sites (tertiary alicyclic amines) is 1. The molecule has 3 heterocycles. The van der Waals surface area contributed by atoms with Crippen molar-refractivity contribution in [3.63, 3.8) is 0 Å². The van der Waals surface area contributed by atoms with Gasteiger partial charge in [-0.25, -0.2) is 4.98 Å². The third kappa shape index (κ3) is 7.27. The maximum absolute atomic E-state index is 13.5. The first-order chi connectivity index (χ1) is 19.3. The van der Waals surface area contributed by atoms with Crippen molar-refractivity contribution in [1.82, 2.24) is 19.8 Å². The van der Waals surface area contributed by atoms with Crippen LogP contribution < -0.4 is 5.32 Å². The molecule has 210 valence electrons. The Bertz CT molecular complexity index is 1270. The molecule has 1 aliphatic carbocycles. The average molecular weight is 550 g/mol. The van der Waals surface area contributed by atoms with Crippen LogP contribution >= 0.6 is 0 Å². The minimum atomic E-state index is -4.39. The number of nitrogens with zero attached hydrogens (tertiary/aromatic N) is 4. The average Bonchev–Trinajstić information content (AvgIpc) is 3.51. The number of carbonyl (C=O) groups is 1. The van der Waals surface area contributed by atoms with Crippen molar-refractivity contribution >= 4 is 23.5 Å². The molecule has 5 rings (SSSR count). The number of carbonyl (C=O) groups excluding carboxylic acids is 1. The second-order valence-corrected chi connectivity index (χ2v) is 10.5. The highest BCUT2D eigenvalue weighted by molar-refractivity contribution is 5.92. The van der Waals surface area contributed by atoms with Gasteiger partial charge < -0.3 is 15.1 Å². The number of piperidine rings is 1. The third-order valence-electron chi connectivity index (χ3n) is 7.85. The van der Waals surface area contributed by atoms with Gasteiger partial charge in [-0.2, -0.15) is 13.2 Å². The minimum Gasteiger partial charge on any atom is -0.340 e. The van der Waals surface area contributed by atoms with E-state index >= 15 is 0 Å². The lowest BCUT2D eigenvalue weighted by atomic mass is 10.00. The maximum atomic E-state index is 13.5. The van der Waals surface area contributed by atoms with Crippen LogP contribution in [0.2, 0.25) is 0 Å². The molecule has 2 aliphatic rings. The number of hydrogen-bond donors (Lipinski definition) is 1. The van der Waals surface area contributed by atoms with Crippen LogP contribution in [0, 0.1) is 0 Å². The van der Waals surface area contributed by atoms with Crippen molar-refractivity contribution in [1.29, 1.82) is 0 Å². The molecule has 1 amide bonds. The van der Waals surface area contributed by atoms with Crippen molar-refractivity contribution < 1.29 is 18.0 Å². The Morgan fingerprint density at radius 3 is 2.30 bits per heavy atom. The summed E-state index contributed by atoms with van der Waals surface area (Å²) in [6.07, 6.45) is 10.7. The normalized spacial score (nSPS) is 17.4. The molecule has 1 saturated carbocycles. The van der Waals surface area contributed by atoms with E-state index in [1.807, 2.05) is 29.2 Å². The highest BCUT2D eigenvalue weighted by Crippen LogP contribution is 2.30. The first-order valence-electron chi connectivity index (χ1n) is 13.9. The molecule has 6 nitrogen and oxygen atoms in total. The highest BCUT2D eigenvalue weighted by atomic mass is 19.4. The van der Waals surface area contributed by atoms with Gasteiger partial charge in [0.1, 0.15) is 5.82 Å². The summed E-state index contributed by atoms with van der Waals surface area (Å²) in [6.45, 7) is 2.34. The summed E-state index contributed by atoms with van der Waals surface area (Å²) in [5, 5.41) is 3.24. The lowest BCUT2D eigenvalue weighted by Gasteiger charge is -2.40. The van der Waals surface area contributed by atoms with Gasteiger partial charge in [-0.1, -0.05) is 31.0 Å². The fraction of sp³-hybridized carbons (Fsp3) is 0.387. The van der Waals surface area contributed by atoms with E-state index in [-0.39, 0.29) is 11.9 Å². The second kappa shape index (κ2) is 12.6. The molecular weight excluding hydrogens is 515 g/mol. The van der Waals surface area contributed by atoms with E-state index in [1.54, 1.807) is 24.7 Å². The van der Waals surface area contributed by atoms with E-state index in [0.29, 0.717) is 24.0 Å². The molecule has 0 unspecified atom stereocenters. The molecule has 0 bridgehead atoms. The van der Waals surface area contributed by atoms with Crippen molar-refractivity contribution in [3.05, 3.63) is 89.9 Å². The maximum Gasteiger partial charge on any atom is 0.416 e. The van der Waals surface area contributed by atoms with E-state index in [9.17, 15) is 18.0 Å². The number of hydrogen-bond acceptors (Lipinski definition) is 5. The van der Waals surface area contributed by atoms with Gasteiger partial charge in [-0.05, 0) is 73.2 Å². The Morgan fingerprint density at radius 2 is 1.68 bits per heavy atom. The van der Waals surface area contributed by atoms with Crippen LogP contribution in [0.3, 0.4) is 0 Å². The number of alkyl halides is 3. The fourth-order valence-electron chi connectivity index (χ4n) is 5.64. The van der Waals surface area contributed by atoms with E-state index in [1.165, 1.54) is 43.9 Å². The van der Waals surface area contributed by atoms with Crippen LogP contribution in [0.25, 0.3) is 6.08 Å². The van der Waals surface area contributed by atoms with Gasteiger partial charge in [0.2, 0.25) is 5.91 Å². The number of amides is 1. The van der Waals surface area contributed by atoms with Crippen LogP contribution in [-0.4, -0.2) is 50.8 Å². The van der Waals surface area contributed by atoms with Gasteiger partial charge in [0.15, 0.2) is 0 Å². The lowest BCUT2D eigenvalue weighted by Crippen LogP contribution is -2.48. The van der Waals surface area contributed by atoms with Crippen molar-refractivity contribution in [2.75, 3.05) is 18.4 Å². The Hall–Kier alpha value is -3.72. The van der Waals surface area contributed by atoms with Gasteiger partial charge in [-0.15, -0.1) is 0 Å². The van der Waals surface area contributed by atoms with Crippen LogP contribution in [0.5, 0.6) is 0 Å². The Morgan fingerprint density at radius 1 is 0.975 bits per heavy atom. The molecule has 1 N–H and O–H groups in total. The highest BCUT2D eigenvalue weighted by Gasteiger charge is 2.32. The molecule has 1 saturated heterocycles. The molecule has 1 aliphatic heterocycles. The molecule has 0 spiro atoms. The number of benzene rings is 1. The third-order valence-corrected chi connectivity index (χ3v) is 7.85. The van der Waals surface area contributed by atoms with Crippen molar-refractivity contribution in [2.45, 2.75) is 63.3 Å². The zero-order chi connectivity index (χ0) is 28.0. The second-order valence-electron chi connectivity index (χ2n) is 10.5. The SMILES string of the molecule is O=C(C=Cc1ccc(C(F)(F)F)cc1)N(Cc1ccc(Nc2ccncc2)nc1)C1CCN(C2CCCC2)CC1. The Kier molecular flexibility index (Phi) is 8.79. The zero-order valence-electron chi connectivity index (χ0n) is 22.4. The summed E-state index contributed by atoms with van der Waals surface area (Å²) in [5.41, 5.74) is 1.64. The number of halogens is 3. The van der Waals surface area contributed by atoms with Gasteiger partial charge in [0, 0.05) is 62.1 Å². The van der Waals surface area contributed by atoms with E-state index in [4.69, 9.17) is 0 Å². The van der Waals surface area contributed by atoms with Crippen LogP contribution in [0.4, 0.5) is 24.7 Å². The molecule has 40 heavy (non-hydrogen) atoms. The topological polar surface area (TPSA) is 61.4 Å². The number of aromatic nitrogens is 2. The smallest absolute Gasteiger partial charge is 0.340 e. The zero-order valence-corrected chi connectivity index (χ0v) is 22.4. The fourth-order valence-corrected chi connectivity index (χ4v) is 5.64. The van der Waals surface area contributed by atoms with Gasteiger partial charge in [0.25, 0.3) is 0 Å². The Balaban J connectivity index is 1.28. The van der Waals surface area contributed by atoms with Crippen molar-refractivity contribution in [2.24, 2.45) is 0 Å². The first kappa shape index (κ1) is 27.8. The van der Waals surface area contributed by atoms with E-state index < -0.39 is 11.7 Å². The summed E-state index contributed by atoms with van der Waals surface area (Å²) in [4.78, 5) is 26.5. The van der Waals surface area contributed by atoms with Crippen LogP contribution in [0.15, 0.2) is 73.2 Å². The molecule has 2 aromatic heterocycles. The molecule has 3 aromatic rings. The van der Waals surface area contributed by atoms with Gasteiger partial charge in [-0.3, -0.25) is 9.78 Å². The monoisotopic (exact) mass is 549 g/mol. The van der Waals surface area contributed by atoms with Gasteiger partial charge >= 0.3 is 6.18 Å². The van der Waals surface area contributed by atoms with Crippen LogP contribution in [0.1, 0.15) is 55.2 Å². The Labute approximate surface area is 232 Å².